The lowest BCUT2D eigenvalue weighted by Crippen LogP contribution is -2.06. The molecule has 0 saturated heterocycles. The third-order valence-corrected chi connectivity index (χ3v) is 1.63. The molecular formula is C10H20O2. The second-order valence-electron chi connectivity index (χ2n) is 4.36. The number of carbonyl (C=O) groups is 1. The molecule has 2 heteroatoms. The van der Waals surface area contributed by atoms with Gasteiger partial charge in [-0.3, -0.25) is 4.79 Å². The normalized spacial score (nSPS) is 11.3. The van der Waals surface area contributed by atoms with Gasteiger partial charge in [-0.25, -0.2) is 0 Å². The molecule has 0 bridgehead atoms. The van der Waals surface area contributed by atoms with Gasteiger partial charge in [-0.15, -0.1) is 0 Å². The summed E-state index contributed by atoms with van der Waals surface area (Å²) in [5.74, 6) is -0.175. The van der Waals surface area contributed by atoms with Crippen molar-refractivity contribution in [1.82, 2.24) is 0 Å². The van der Waals surface area contributed by atoms with Crippen molar-refractivity contribution in [2.45, 2.75) is 47.0 Å². The van der Waals surface area contributed by atoms with Crippen LogP contribution in [0.15, 0.2) is 0 Å². The third kappa shape index (κ3) is 9.47. The molecule has 0 heterocycles. The Labute approximate surface area is 75.3 Å². The van der Waals surface area contributed by atoms with Crippen LogP contribution < -0.4 is 0 Å². The molecule has 0 aliphatic heterocycles. The largest absolute Gasteiger partial charge is 0.466 e. The zero-order chi connectivity index (χ0) is 9.61. The highest BCUT2D eigenvalue weighted by molar-refractivity contribution is 5.65. The molecule has 0 amide bonds. The first-order valence-corrected chi connectivity index (χ1v) is 4.55. The van der Waals surface area contributed by atoms with Crippen LogP contribution in [0.1, 0.15) is 47.0 Å². The maximum atomic E-state index is 10.4. The summed E-state index contributed by atoms with van der Waals surface area (Å²) in [4.78, 5) is 10.4. The van der Waals surface area contributed by atoms with Crippen molar-refractivity contribution >= 4 is 5.97 Å². The van der Waals surface area contributed by atoms with Gasteiger partial charge >= 0.3 is 5.97 Å². The fraction of sp³-hybridized carbons (Fsp3) is 0.900. The van der Waals surface area contributed by atoms with E-state index in [0.717, 1.165) is 12.8 Å². The molecule has 0 unspecified atom stereocenters. The molecule has 72 valence electrons. The maximum Gasteiger partial charge on any atom is 0.302 e. The Bertz CT molecular complexity index is 133. The van der Waals surface area contributed by atoms with Crippen molar-refractivity contribution in [3.63, 3.8) is 0 Å². The highest BCUT2D eigenvalue weighted by atomic mass is 16.5. The monoisotopic (exact) mass is 172 g/mol. The molecule has 0 spiro atoms. The second-order valence-corrected chi connectivity index (χ2v) is 4.36. The Morgan fingerprint density at radius 3 is 2.25 bits per heavy atom. The minimum atomic E-state index is -0.175. The number of unbranched alkanes of at least 4 members (excludes halogenated alkanes) is 1. The van der Waals surface area contributed by atoms with E-state index in [1.165, 1.54) is 13.3 Å². The van der Waals surface area contributed by atoms with Crippen molar-refractivity contribution in [2.75, 3.05) is 6.61 Å². The predicted octanol–water partition coefficient (Wildman–Crippen LogP) is 2.77. The summed E-state index contributed by atoms with van der Waals surface area (Å²) in [6, 6.07) is 0. The molecular weight excluding hydrogens is 152 g/mol. The van der Waals surface area contributed by atoms with Crippen LogP contribution in [0, 0.1) is 5.41 Å². The fourth-order valence-corrected chi connectivity index (χ4v) is 0.973. The molecule has 0 aliphatic rings. The van der Waals surface area contributed by atoms with Crippen LogP contribution in [-0.4, -0.2) is 12.6 Å². The quantitative estimate of drug-likeness (QED) is 0.481. The standard InChI is InChI=1S/C10H20O2/c1-9(11)12-8-6-5-7-10(2,3)4/h5-8H2,1-4H3. The number of ether oxygens (including phenoxy) is 1. The summed E-state index contributed by atoms with van der Waals surface area (Å²) in [6.45, 7) is 8.69. The lowest BCUT2D eigenvalue weighted by Gasteiger charge is -2.17. The lowest BCUT2D eigenvalue weighted by atomic mass is 9.90. The summed E-state index contributed by atoms with van der Waals surface area (Å²) in [6.07, 6.45) is 3.31. The molecule has 0 aliphatic carbocycles. The summed E-state index contributed by atoms with van der Waals surface area (Å²) in [7, 11) is 0. The van der Waals surface area contributed by atoms with Crippen molar-refractivity contribution in [3.8, 4) is 0 Å². The van der Waals surface area contributed by atoms with E-state index in [9.17, 15) is 4.79 Å². The summed E-state index contributed by atoms with van der Waals surface area (Å²) < 4.78 is 4.82. The molecule has 0 atom stereocenters. The van der Waals surface area contributed by atoms with E-state index in [1.54, 1.807) is 0 Å². The van der Waals surface area contributed by atoms with Gasteiger partial charge in [0.1, 0.15) is 0 Å². The van der Waals surface area contributed by atoms with Crippen molar-refractivity contribution < 1.29 is 9.53 Å². The first-order valence-electron chi connectivity index (χ1n) is 4.55. The number of esters is 1. The van der Waals surface area contributed by atoms with E-state index in [0.29, 0.717) is 12.0 Å². The SMILES string of the molecule is CC(=O)OCCCCC(C)(C)C. The van der Waals surface area contributed by atoms with E-state index in [2.05, 4.69) is 20.8 Å². The molecule has 2 nitrogen and oxygen atoms in total. The van der Waals surface area contributed by atoms with Crippen LogP contribution >= 0.6 is 0 Å². The van der Waals surface area contributed by atoms with Crippen LogP contribution in [-0.2, 0) is 9.53 Å². The molecule has 0 saturated carbocycles. The molecule has 0 aromatic heterocycles. The minimum absolute atomic E-state index is 0.175. The van der Waals surface area contributed by atoms with E-state index in [1.807, 2.05) is 0 Å². The van der Waals surface area contributed by atoms with Gasteiger partial charge in [0, 0.05) is 6.92 Å². The van der Waals surface area contributed by atoms with Crippen LogP contribution in [0.4, 0.5) is 0 Å². The summed E-state index contributed by atoms with van der Waals surface area (Å²) in [5.41, 5.74) is 0.399. The molecule has 12 heavy (non-hydrogen) atoms. The predicted molar refractivity (Wildman–Crippen MR) is 49.9 cm³/mol. The highest BCUT2D eigenvalue weighted by Crippen LogP contribution is 2.21. The number of carbonyl (C=O) groups excluding carboxylic acids is 1. The highest BCUT2D eigenvalue weighted by Gasteiger charge is 2.08. The number of hydrogen-bond donors (Lipinski definition) is 0. The average molecular weight is 172 g/mol. The smallest absolute Gasteiger partial charge is 0.302 e. The first-order chi connectivity index (χ1) is 5.42. The van der Waals surface area contributed by atoms with Gasteiger partial charge in [-0.1, -0.05) is 20.8 Å². The van der Waals surface area contributed by atoms with Gasteiger partial charge in [0.2, 0.25) is 0 Å². The summed E-state index contributed by atoms with van der Waals surface area (Å²) >= 11 is 0. The molecule has 0 N–H and O–H groups in total. The minimum Gasteiger partial charge on any atom is -0.466 e. The van der Waals surface area contributed by atoms with Crippen LogP contribution in [0.25, 0.3) is 0 Å². The number of hydrogen-bond acceptors (Lipinski definition) is 2. The third-order valence-electron chi connectivity index (χ3n) is 1.63. The Balaban J connectivity index is 3.17. The van der Waals surface area contributed by atoms with E-state index < -0.39 is 0 Å². The van der Waals surface area contributed by atoms with Gasteiger partial charge in [-0.05, 0) is 24.7 Å². The second kappa shape index (κ2) is 5.18. The zero-order valence-electron chi connectivity index (χ0n) is 8.64. The average Bonchev–Trinajstić information content (AvgIpc) is 1.83. The summed E-state index contributed by atoms with van der Waals surface area (Å²) in [5, 5.41) is 0. The van der Waals surface area contributed by atoms with Crippen LogP contribution in [0.3, 0.4) is 0 Å². The van der Waals surface area contributed by atoms with Gasteiger partial charge in [-0.2, -0.15) is 0 Å². The topological polar surface area (TPSA) is 26.3 Å². The Morgan fingerprint density at radius 2 is 1.83 bits per heavy atom. The molecule has 0 aromatic rings. The Kier molecular flexibility index (Phi) is 4.95. The molecule has 0 radical (unpaired) electrons. The zero-order valence-corrected chi connectivity index (χ0v) is 8.64. The molecule has 0 aromatic carbocycles. The van der Waals surface area contributed by atoms with Crippen LogP contribution in [0.2, 0.25) is 0 Å². The van der Waals surface area contributed by atoms with Gasteiger partial charge < -0.3 is 4.74 Å². The van der Waals surface area contributed by atoms with Crippen molar-refractivity contribution in [3.05, 3.63) is 0 Å². The van der Waals surface area contributed by atoms with E-state index in [-0.39, 0.29) is 5.97 Å². The Hall–Kier alpha value is -0.530. The lowest BCUT2D eigenvalue weighted by molar-refractivity contribution is -0.141. The maximum absolute atomic E-state index is 10.4. The van der Waals surface area contributed by atoms with E-state index >= 15 is 0 Å². The molecule has 0 fully saturated rings. The van der Waals surface area contributed by atoms with E-state index in [4.69, 9.17) is 4.74 Å². The first kappa shape index (κ1) is 11.5. The number of rotatable bonds is 4. The van der Waals surface area contributed by atoms with Gasteiger partial charge in [0.15, 0.2) is 0 Å². The fourth-order valence-electron chi connectivity index (χ4n) is 0.973. The van der Waals surface area contributed by atoms with Crippen molar-refractivity contribution in [1.29, 1.82) is 0 Å². The molecule has 0 rings (SSSR count). The Morgan fingerprint density at radius 1 is 1.25 bits per heavy atom. The van der Waals surface area contributed by atoms with Crippen molar-refractivity contribution in [2.24, 2.45) is 5.41 Å². The van der Waals surface area contributed by atoms with Gasteiger partial charge in [0.25, 0.3) is 0 Å². The van der Waals surface area contributed by atoms with Gasteiger partial charge in [0.05, 0.1) is 6.61 Å². The van der Waals surface area contributed by atoms with Crippen LogP contribution in [0.5, 0.6) is 0 Å².